The molecule has 2 aromatic carbocycles. The van der Waals surface area contributed by atoms with Crippen molar-refractivity contribution in [2.24, 2.45) is 0 Å². The average molecular weight is 347 g/mol. The summed E-state index contributed by atoms with van der Waals surface area (Å²) in [6, 6.07) is 10.5. The molecule has 1 aliphatic heterocycles. The monoisotopic (exact) mass is 347 g/mol. The molecule has 128 valence electrons. The Morgan fingerprint density at radius 1 is 1.25 bits per heavy atom. The summed E-state index contributed by atoms with van der Waals surface area (Å²) in [4.78, 5) is 14.6. The third-order valence-electron chi connectivity index (χ3n) is 4.47. The van der Waals surface area contributed by atoms with Gasteiger partial charge in [-0.2, -0.15) is 0 Å². The molecular weight excluding hydrogens is 326 g/mol. The Labute approximate surface area is 141 Å². The molecule has 1 heterocycles. The molecule has 24 heavy (non-hydrogen) atoms. The number of phenols is 1. The van der Waals surface area contributed by atoms with Gasteiger partial charge in [0.15, 0.2) is 9.84 Å². The predicted molar refractivity (Wildman–Crippen MR) is 94.0 cm³/mol. The van der Waals surface area contributed by atoms with Crippen LogP contribution in [0, 0.1) is 0 Å². The Bertz CT molecular complexity index is 876. The number of hydrogen-bond donors (Lipinski definition) is 1. The van der Waals surface area contributed by atoms with Crippen LogP contribution >= 0.6 is 0 Å². The Morgan fingerprint density at radius 3 is 2.50 bits per heavy atom. The lowest BCUT2D eigenvalue weighted by Gasteiger charge is -2.28. The van der Waals surface area contributed by atoms with Gasteiger partial charge in [-0.05, 0) is 35.7 Å². The zero-order valence-corrected chi connectivity index (χ0v) is 14.4. The molecular formula is C18H21NO4S. The highest BCUT2D eigenvalue weighted by Crippen LogP contribution is 2.28. The van der Waals surface area contributed by atoms with Gasteiger partial charge in [-0.25, -0.2) is 8.42 Å². The smallest absolute Gasteiger partial charge is 0.257 e. The van der Waals surface area contributed by atoms with Crippen molar-refractivity contribution in [3.63, 3.8) is 0 Å². The molecule has 2 aromatic rings. The second-order valence-corrected chi connectivity index (χ2v) is 8.50. The quantitative estimate of drug-likeness (QED) is 0.922. The molecule has 1 atom stereocenters. The summed E-state index contributed by atoms with van der Waals surface area (Å²) >= 11 is 0. The standard InChI is InChI=1S/C18H21NO4S/c1-2-8-19(15-7-9-24(22,23)12-15)18(21)16-10-13-5-3-4-6-14(13)11-17(16)20/h3-6,10-11,15,20H,2,7-9,12H2,1H3. The highest BCUT2D eigenvalue weighted by atomic mass is 32.2. The van der Waals surface area contributed by atoms with Gasteiger partial charge in [-0.3, -0.25) is 4.79 Å². The van der Waals surface area contributed by atoms with Gasteiger partial charge in [0.25, 0.3) is 5.91 Å². The normalized spacial score (nSPS) is 19.5. The summed E-state index contributed by atoms with van der Waals surface area (Å²) in [5, 5.41) is 12.0. The van der Waals surface area contributed by atoms with Gasteiger partial charge in [-0.1, -0.05) is 31.2 Å². The van der Waals surface area contributed by atoms with E-state index in [9.17, 15) is 18.3 Å². The Morgan fingerprint density at radius 2 is 1.92 bits per heavy atom. The van der Waals surface area contributed by atoms with E-state index in [0.717, 1.165) is 17.2 Å². The summed E-state index contributed by atoms with van der Waals surface area (Å²) in [5.74, 6) is -0.245. The fourth-order valence-corrected chi connectivity index (χ4v) is 5.00. The molecule has 0 spiro atoms. The first-order chi connectivity index (χ1) is 11.4. The molecule has 0 bridgehead atoms. The summed E-state index contributed by atoms with van der Waals surface area (Å²) in [7, 11) is -3.08. The summed E-state index contributed by atoms with van der Waals surface area (Å²) in [6.45, 7) is 2.43. The average Bonchev–Trinajstić information content (AvgIpc) is 2.91. The van der Waals surface area contributed by atoms with E-state index in [2.05, 4.69) is 0 Å². The fourth-order valence-electron chi connectivity index (χ4n) is 3.27. The van der Waals surface area contributed by atoms with Crippen LogP contribution in [0.15, 0.2) is 36.4 Å². The van der Waals surface area contributed by atoms with E-state index in [1.54, 1.807) is 17.0 Å². The maximum Gasteiger partial charge on any atom is 0.257 e. The Balaban J connectivity index is 1.97. The van der Waals surface area contributed by atoms with Gasteiger partial charge >= 0.3 is 0 Å². The number of fused-ring (bicyclic) bond motifs is 1. The van der Waals surface area contributed by atoms with E-state index < -0.39 is 9.84 Å². The molecule has 1 saturated heterocycles. The highest BCUT2D eigenvalue weighted by molar-refractivity contribution is 7.91. The van der Waals surface area contributed by atoms with Gasteiger partial charge < -0.3 is 10.0 Å². The van der Waals surface area contributed by atoms with Gasteiger partial charge in [-0.15, -0.1) is 0 Å². The molecule has 3 rings (SSSR count). The van der Waals surface area contributed by atoms with E-state index in [0.29, 0.717) is 13.0 Å². The van der Waals surface area contributed by atoms with Crippen LogP contribution in [-0.2, 0) is 9.84 Å². The maximum atomic E-state index is 13.0. The van der Waals surface area contributed by atoms with Gasteiger partial charge in [0, 0.05) is 12.6 Å². The lowest BCUT2D eigenvalue weighted by molar-refractivity contribution is 0.0694. The number of carbonyl (C=O) groups excluding carboxylic acids is 1. The van der Waals surface area contributed by atoms with Crippen LogP contribution in [0.2, 0.25) is 0 Å². The van der Waals surface area contributed by atoms with Crippen LogP contribution in [-0.4, -0.2) is 48.4 Å². The van der Waals surface area contributed by atoms with Crippen molar-refractivity contribution in [1.82, 2.24) is 4.90 Å². The molecule has 1 fully saturated rings. The third-order valence-corrected chi connectivity index (χ3v) is 6.22. The minimum atomic E-state index is -3.08. The van der Waals surface area contributed by atoms with E-state index >= 15 is 0 Å². The molecule has 0 saturated carbocycles. The molecule has 5 nitrogen and oxygen atoms in total. The summed E-state index contributed by atoms with van der Waals surface area (Å²) in [6.07, 6.45) is 1.19. The first-order valence-electron chi connectivity index (χ1n) is 8.14. The second kappa shape index (κ2) is 6.43. The fraction of sp³-hybridized carbons (Fsp3) is 0.389. The van der Waals surface area contributed by atoms with Crippen molar-refractivity contribution < 1.29 is 18.3 Å². The van der Waals surface area contributed by atoms with Crippen molar-refractivity contribution in [2.75, 3.05) is 18.1 Å². The molecule has 1 aliphatic rings. The highest BCUT2D eigenvalue weighted by Gasteiger charge is 2.35. The van der Waals surface area contributed by atoms with Crippen molar-refractivity contribution in [3.8, 4) is 5.75 Å². The molecule has 0 radical (unpaired) electrons. The van der Waals surface area contributed by atoms with Crippen LogP contribution in [0.3, 0.4) is 0 Å². The molecule has 1 unspecified atom stereocenters. The minimum Gasteiger partial charge on any atom is -0.507 e. The zero-order chi connectivity index (χ0) is 17.3. The van der Waals surface area contributed by atoms with Crippen LogP contribution in [0.1, 0.15) is 30.1 Å². The number of hydrogen-bond acceptors (Lipinski definition) is 4. The molecule has 1 N–H and O–H groups in total. The van der Waals surface area contributed by atoms with Crippen LogP contribution in [0.4, 0.5) is 0 Å². The molecule has 6 heteroatoms. The van der Waals surface area contributed by atoms with E-state index in [-0.39, 0.29) is 34.8 Å². The van der Waals surface area contributed by atoms with E-state index in [1.807, 2.05) is 31.2 Å². The number of rotatable bonds is 4. The van der Waals surface area contributed by atoms with Gasteiger partial charge in [0.2, 0.25) is 0 Å². The van der Waals surface area contributed by atoms with Crippen LogP contribution in [0.5, 0.6) is 5.75 Å². The Kier molecular flexibility index (Phi) is 4.49. The lowest BCUT2D eigenvalue weighted by atomic mass is 10.0. The van der Waals surface area contributed by atoms with E-state index in [1.165, 1.54) is 0 Å². The van der Waals surface area contributed by atoms with Crippen molar-refractivity contribution in [1.29, 1.82) is 0 Å². The number of carbonyl (C=O) groups is 1. The topological polar surface area (TPSA) is 74.7 Å². The largest absolute Gasteiger partial charge is 0.507 e. The van der Waals surface area contributed by atoms with Gasteiger partial charge in [0.1, 0.15) is 5.75 Å². The minimum absolute atomic E-state index is 0.00703. The molecule has 1 amide bonds. The summed E-state index contributed by atoms with van der Waals surface area (Å²) in [5.41, 5.74) is 0.228. The predicted octanol–water partition coefficient (Wildman–Crippen LogP) is 2.58. The SMILES string of the molecule is CCCN(C(=O)c1cc2ccccc2cc1O)C1CCS(=O)(=O)C1. The summed E-state index contributed by atoms with van der Waals surface area (Å²) < 4.78 is 23.5. The molecule has 0 aliphatic carbocycles. The number of aromatic hydroxyl groups is 1. The first kappa shape index (κ1) is 16.8. The number of benzene rings is 2. The number of phenolic OH excluding ortho intramolecular Hbond substituents is 1. The number of sulfone groups is 1. The lowest BCUT2D eigenvalue weighted by Crippen LogP contribution is -2.41. The van der Waals surface area contributed by atoms with Crippen LogP contribution < -0.4 is 0 Å². The second-order valence-electron chi connectivity index (χ2n) is 6.27. The number of nitrogens with zero attached hydrogens (tertiary/aromatic N) is 1. The Hall–Kier alpha value is -2.08. The zero-order valence-electron chi connectivity index (χ0n) is 13.6. The number of amides is 1. The first-order valence-corrected chi connectivity index (χ1v) is 9.96. The van der Waals surface area contributed by atoms with Crippen LogP contribution in [0.25, 0.3) is 10.8 Å². The van der Waals surface area contributed by atoms with Crippen molar-refractivity contribution >= 4 is 26.5 Å². The maximum absolute atomic E-state index is 13.0. The van der Waals surface area contributed by atoms with Crippen molar-refractivity contribution in [2.45, 2.75) is 25.8 Å². The molecule has 0 aromatic heterocycles. The van der Waals surface area contributed by atoms with Gasteiger partial charge in [0.05, 0.1) is 17.1 Å². The van der Waals surface area contributed by atoms with Crippen molar-refractivity contribution in [3.05, 3.63) is 42.0 Å². The van der Waals surface area contributed by atoms with E-state index in [4.69, 9.17) is 0 Å². The third kappa shape index (κ3) is 3.24.